The Labute approximate surface area is 157 Å². The van der Waals surface area contributed by atoms with Crippen molar-refractivity contribution >= 4 is 34.0 Å². The van der Waals surface area contributed by atoms with Crippen molar-refractivity contribution in [2.75, 3.05) is 0 Å². The molecule has 0 aliphatic heterocycles. The molecule has 6 nitrogen and oxygen atoms in total. The summed E-state index contributed by atoms with van der Waals surface area (Å²) < 4.78 is 6.47. The smallest absolute Gasteiger partial charge is 0.271 e. The van der Waals surface area contributed by atoms with E-state index in [2.05, 4.69) is 26.5 Å². The summed E-state index contributed by atoms with van der Waals surface area (Å²) in [6, 6.07) is 16.5. The van der Waals surface area contributed by atoms with E-state index < -0.39 is 5.97 Å². The summed E-state index contributed by atoms with van der Waals surface area (Å²) >= 11 is 3.30. The molecule has 26 heavy (non-hydrogen) atoms. The number of carbonyl (C=O) groups is 2. The molecule has 0 aliphatic rings. The molecule has 0 atom stereocenters. The van der Waals surface area contributed by atoms with Gasteiger partial charge in [0, 0.05) is 15.6 Å². The zero-order valence-corrected chi connectivity index (χ0v) is 14.9. The normalized spacial score (nSPS) is 10.8. The van der Waals surface area contributed by atoms with E-state index in [-0.39, 0.29) is 11.5 Å². The van der Waals surface area contributed by atoms with Crippen molar-refractivity contribution in [3.8, 4) is 11.3 Å². The van der Waals surface area contributed by atoms with Crippen LogP contribution in [0.5, 0.6) is 0 Å². The molecular weight excluding hydrogens is 400 g/mol. The van der Waals surface area contributed by atoms with Gasteiger partial charge in [0.15, 0.2) is 0 Å². The van der Waals surface area contributed by atoms with E-state index in [0.717, 1.165) is 4.47 Å². The average Bonchev–Trinajstić information content (AvgIpc) is 3.11. The number of benzene rings is 2. The van der Waals surface area contributed by atoms with Gasteiger partial charge in [-0.2, -0.15) is 5.10 Å². The first-order valence-corrected chi connectivity index (χ1v) is 8.33. The Morgan fingerprint density at radius 3 is 2.54 bits per heavy atom. The van der Waals surface area contributed by atoms with E-state index in [9.17, 15) is 14.7 Å². The van der Waals surface area contributed by atoms with E-state index in [0.29, 0.717) is 22.6 Å². The Balaban J connectivity index is 1.67. The van der Waals surface area contributed by atoms with Crippen LogP contribution in [0.1, 0.15) is 26.5 Å². The zero-order valence-electron chi connectivity index (χ0n) is 13.3. The highest BCUT2D eigenvalue weighted by Crippen LogP contribution is 2.22. The van der Waals surface area contributed by atoms with Crippen LogP contribution in [0.3, 0.4) is 0 Å². The van der Waals surface area contributed by atoms with Crippen LogP contribution in [0, 0.1) is 0 Å². The molecule has 1 N–H and O–H groups in total. The van der Waals surface area contributed by atoms with E-state index in [1.807, 2.05) is 0 Å². The van der Waals surface area contributed by atoms with Crippen LogP contribution in [0.2, 0.25) is 0 Å². The largest absolute Gasteiger partial charge is 0.545 e. The molecule has 1 aromatic heterocycles. The number of halogens is 1. The minimum absolute atomic E-state index is 0.0656. The Morgan fingerprint density at radius 2 is 1.81 bits per heavy atom. The van der Waals surface area contributed by atoms with Gasteiger partial charge in [0.2, 0.25) is 0 Å². The molecule has 7 heteroatoms. The number of aromatic carboxylic acids is 1. The van der Waals surface area contributed by atoms with Gasteiger partial charge in [0.25, 0.3) is 5.91 Å². The molecule has 130 valence electrons. The van der Waals surface area contributed by atoms with E-state index in [1.54, 1.807) is 48.5 Å². The predicted octanol–water partition coefficient (Wildman–Crippen LogP) is 2.84. The van der Waals surface area contributed by atoms with Gasteiger partial charge in [-0.15, -0.1) is 0 Å². The number of nitrogens with one attached hydrogen (secondary N) is 1. The van der Waals surface area contributed by atoms with Crippen molar-refractivity contribution in [2.45, 2.75) is 0 Å². The van der Waals surface area contributed by atoms with E-state index >= 15 is 0 Å². The second-order valence-electron chi connectivity index (χ2n) is 5.28. The third-order valence-corrected chi connectivity index (χ3v) is 4.00. The van der Waals surface area contributed by atoms with Gasteiger partial charge in [0.1, 0.15) is 11.5 Å². The van der Waals surface area contributed by atoms with Crippen LogP contribution >= 0.6 is 15.9 Å². The minimum atomic E-state index is -1.25. The van der Waals surface area contributed by atoms with Gasteiger partial charge in [0.05, 0.1) is 12.2 Å². The maximum atomic E-state index is 11.9. The maximum absolute atomic E-state index is 11.9. The number of carbonyl (C=O) groups excluding carboxylic acids is 2. The van der Waals surface area contributed by atoms with Gasteiger partial charge in [-0.3, -0.25) is 4.79 Å². The second kappa shape index (κ2) is 7.79. The first-order chi connectivity index (χ1) is 12.5. The number of furan rings is 1. The Hall–Kier alpha value is -3.19. The average molecular weight is 412 g/mol. The Kier molecular flexibility index (Phi) is 5.28. The van der Waals surface area contributed by atoms with Crippen molar-refractivity contribution in [2.24, 2.45) is 5.10 Å². The Morgan fingerprint density at radius 1 is 1.04 bits per heavy atom. The molecule has 0 saturated heterocycles. The molecule has 0 spiro atoms. The van der Waals surface area contributed by atoms with Gasteiger partial charge in [-0.05, 0) is 48.0 Å². The number of hydrogen-bond acceptors (Lipinski definition) is 5. The van der Waals surface area contributed by atoms with E-state index in [1.165, 1.54) is 18.3 Å². The third kappa shape index (κ3) is 4.25. The molecule has 0 bridgehead atoms. The number of amides is 1. The summed E-state index contributed by atoms with van der Waals surface area (Å²) in [6.07, 6.45) is 1.36. The van der Waals surface area contributed by atoms with Crippen LogP contribution in [-0.4, -0.2) is 18.1 Å². The molecule has 2 aromatic carbocycles. The molecule has 0 radical (unpaired) electrons. The standard InChI is InChI=1S/C19H13BrN2O4/c20-15-6-4-12(5-7-15)18(23)22-21-11-16-8-9-17(26-16)13-2-1-3-14(10-13)19(24)25/h1-11H,(H,22,23)(H,24,25)/p-1/b21-11-. The molecule has 0 saturated carbocycles. The van der Waals surface area contributed by atoms with Crippen molar-refractivity contribution in [3.63, 3.8) is 0 Å². The van der Waals surface area contributed by atoms with E-state index in [4.69, 9.17) is 4.42 Å². The molecule has 3 rings (SSSR count). The highest BCUT2D eigenvalue weighted by Gasteiger charge is 2.06. The molecule has 0 unspecified atom stereocenters. The van der Waals surface area contributed by atoms with Crippen molar-refractivity contribution in [3.05, 3.63) is 82.0 Å². The second-order valence-corrected chi connectivity index (χ2v) is 6.19. The summed E-state index contributed by atoms with van der Waals surface area (Å²) in [5.41, 5.74) is 3.55. The van der Waals surface area contributed by atoms with Crippen molar-refractivity contribution in [1.29, 1.82) is 0 Å². The van der Waals surface area contributed by atoms with Gasteiger partial charge in [-0.1, -0.05) is 34.1 Å². The lowest BCUT2D eigenvalue weighted by Crippen LogP contribution is -2.22. The molecule has 1 heterocycles. The summed E-state index contributed by atoms with van der Waals surface area (Å²) in [5.74, 6) is -0.707. The predicted molar refractivity (Wildman–Crippen MR) is 97.7 cm³/mol. The summed E-state index contributed by atoms with van der Waals surface area (Å²) in [7, 11) is 0. The molecule has 0 fully saturated rings. The van der Waals surface area contributed by atoms with Gasteiger partial charge < -0.3 is 14.3 Å². The van der Waals surface area contributed by atoms with Crippen LogP contribution in [-0.2, 0) is 0 Å². The fourth-order valence-corrected chi connectivity index (χ4v) is 2.46. The number of hydrogen-bond donors (Lipinski definition) is 1. The number of carboxylic acids is 1. The van der Waals surface area contributed by atoms with Gasteiger partial charge in [-0.25, -0.2) is 5.43 Å². The number of rotatable bonds is 5. The lowest BCUT2D eigenvalue weighted by Gasteiger charge is -2.03. The molecule has 0 aliphatic carbocycles. The quantitative estimate of drug-likeness (QED) is 0.515. The van der Waals surface area contributed by atoms with Crippen LogP contribution in [0.4, 0.5) is 0 Å². The first kappa shape index (κ1) is 17.6. The fourth-order valence-electron chi connectivity index (χ4n) is 2.20. The van der Waals surface area contributed by atoms with Crippen molar-refractivity contribution in [1.82, 2.24) is 5.43 Å². The minimum Gasteiger partial charge on any atom is -0.545 e. The summed E-state index contributed by atoms with van der Waals surface area (Å²) in [6.45, 7) is 0. The van der Waals surface area contributed by atoms with Crippen LogP contribution in [0.25, 0.3) is 11.3 Å². The van der Waals surface area contributed by atoms with Crippen LogP contribution < -0.4 is 10.5 Å². The van der Waals surface area contributed by atoms with Crippen LogP contribution in [0.15, 0.2) is 74.7 Å². The number of hydrazone groups is 1. The van der Waals surface area contributed by atoms with Crippen molar-refractivity contribution < 1.29 is 19.1 Å². The third-order valence-electron chi connectivity index (χ3n) is 3.47. The topological polar surface area (TPSA) is 94.7 Å². The summed E-state index contributed by atoms with van der Waals surface area (Å²) in [4.78, 5) is 22.9. The fraction of sp³-hybridized carbons (Fsp3) is 0. The lowest BCUT2D eigenvalue weighted by atomic mass is 10.1. The Bertz CT molecular complexity index is 977. The highest BCUT2D eigenvalue weighted by molar-refractivity contribution is 9.10. The molecule has 3 aromatic rings. The zero-order chi connectivity index (χ0) is 18.5. The SMILES string of the molecule is O=C([O-])c1cccc(-c2ccc(/C=N\NC(=O)c3ccc(Br)cc3)o2)c1. The number of carboxylic acid groups (broad SMARTS) is 1. The monoisotopic (exact) mass is 411 g/mol. The molecular formula is C19H12BrN2O4-. The first-order valence-electron chi connectivity index (χ1n) is 7.53. The van der Waals surface area contributed by atoms with Gasteiger partial charge >= 0.3 is 0 Å². The highest BCUT2D eigenvalue weighted by atomic mass is 79.9. The lowest BCUT2D eigenvalue weighted by molar-refractivity contribution is -0.255. The number of nitrogens with zero attached hydrogens (tertiary/aromatic N) is 1. The molecule has 1 amide bonds. The maximum Gasteiger partial charge on any atom is 0.271 e. The summed E-state index contributed by atoms with van der Waals surface area (Å²) in [5, 5.41) is 14.8.